The van der Waals surface area contributed by atoms with Crippen LogP contribution < -0.4 is 5.73 Å². The maximum atomic E-state index is 13.4. The lowest BCUT2D eigenvalue weighted by atomic mass is 9.98. The van der Waals surface area contributed by atoms with Gasteiger partial charge in [-0.1, -0.05) is 49.4 Å². The normalized spacial score (nSPS) is 22.7. The van der Waals surface area contributed by atoms with Crippen molar-refractivity contribution in [2.75, 3.05) is 32.2 Å². The SMILES string of the molecule is CCOCc1nc2c(N)nc3ccccc3c2n1C1(COP2(=O)OCC(c3cccc(CC)c3)CO2)CC1. The Balaban J connectivity index is 1.27. The molecule has 1 saturated carbocycles. The van der Waals surface area contributed by atoms with Crippen molar-refractivity contribution in [3.05, 3.63) is 65.5 Å². The fourth-order valence-corrected chi connectivity index (χ4v) is 6.55. The van der Waals surface area contributed by atoms with Gasteiger partial charge in [0.1, 0.15) is 17.9 Å². The van der Waals surface area contributed by atoms with Gasteiger partial charge >= 0.3 is 7.82 Å². The minimum Gasteiger partial charge on any atom is -0.382 e. The Morgan fingerprint density at radius 2 is 1.89 bits per heavy atom. The number of aromatic nitrogens is 3. The number of nitrogen functional groups attached to an aromatic ring is 1. The van der Waals surface area contributed by atoms with Crippen molar-refractivity contribution in [2.45, 2.75) is 51.2 Å². The first kappa shape index (κ1) is 25.5. The molecular weight excluding hydrogens is 503 g/mol. The zero-order chi connectivity index (χ0) is 26.3. The molecule has 10 heteroatoms. The van der Waals surface area contributed by atoms with Gasteiger partial charge in [0.25, 0.3) is 0 Å². The molecule has 0 spiro atoms. The summed E-state index contributed by atoms with van der Waals surface area (Å²) in [5, 5.41) is 0.951. The molecule has 2 aromatic carbocycles. The number of hydrogen-bond donors (Lipinski definition) is 1. The fourth-order valence-electron chi connectivity index (χ4n) is 5.21. The molecule has 3 heterocycles. The van der Waals surface area contributed by atoms with Crippen LogP contribution in [0.15, 0.2) is 48.5 Å². The highest BCUT2D eigenvalue weighted by molar-refractivity contribution is 7.48. The van der Waals surface area contributed by atoms with E-state index in [0.717, 1.165) is 47.1 Å². The molecule has 2 aliphatic rings. The number of pyridine rings is 1. The van der Waals surface area contributed by atoms with Gasteiger partial charge in [-0.3, -0.25) is 13.6 Å². The van der Waals surface area contributed by atoms with Crippen LogP contribution in [0.25, 0.3) is 21.9 Å². The summed E-state index contributed by atoms with van der Waals surface area (Å²) in [5.74, 6) is 1.13. The minimum absolute atomic E-state index is 0.0132. The molecule has 200 valence electrons. The molecule has 1 aliphatic heterocycles. The van der Waals surface area contributed by atoms with Crippen LogP contribution >= 0.6 is 7.82 Å². The second-order valence-corrected chi connectivity index (χ2v) is 11.7. The second-order valence-electron chi connectivity index (χ2n) is 10.0. The number of fused-ring (bicyclic) bond motifs is 3. The molecule has 0 atom stereocenters. The Morgan fingerprint density at radius 3 is 2.63 bits per heavy atom. The number of anilines is 1. The van der Waals surface area contributed by atoms with Gasteiger partial charge in [0.15, 0.2) is 5.82 Å². The van der Waals surface area contributed by atoms with E-state index >= 15 is 0 Å². The van der Waals surface area contributed by atoms with Crippen molar-refractivity contribution < 1.29 is 22.9 Å². The van der Waals surface area contributed by atoms with E-state index < -0.39 is 13.4 Å². The molecule has 1 saturated heterocycles. The monoisotopic (exact) mass is 536 g/mol. The van der Waals surface area contributed by atoms with Crippen molar-refractivity contribution in [1.82, 2.24) is 14.5 Å². The van der Waals surface area contributed by atoms with Crippen LogP contribution in [0.2, 0.25) is 0 Å². The number of aryl methyl sites for hydroxylation is 1. The lowest BCUT2D eigenvalue weighted by Crippen LogP contribution is -2.27. The molecule has 2 fully saturated rings. The highest BCUT2D eigenvalue weighted by Crippen LogP contribution is 2.57. The first-order valence-electron chi connectivity index (χ1n) is 13.2. The van der Waals surface area contributed by atoms with E-state index in [1.807, 2.05) is 37.3 Å². The molecule has 0 unspecified atom stereocenters. The highest BCUT2D eigenvalue weighted by Gasteiger charge is 2.50. The van der Waals surface area contributed by atoms with Gasteiger partial charge in [-0.05, 0) is 43.4 Å². The van der Waals surface area contributed by atoms with Crippen molar-refractivity contribution in [3.8, 4) is 0 Å². The molecule has 0 bridgehead atoms. The van der Waals surface area contributed by atoms with Crippen molar-refractivity contribution in [3.63, 3.8) is 0 Å². The molecule has 2 N–H and O–H groups in total. The maximum absolute atomic E-state index is 13.4. The number of nitrogens with zero attached hydrogens (tertiary/aromatic N) is 3. The van der Waals surface area contributed by atoms with E-state index in [-0.39, 0.29) is 25.7 Å². The van der Waals surface area contributed by atoms with E-state index in [2.05, 4.69) is 34.7 Å². The van der Waals surface area contributed by atoms with Gasteiger partial charge in [0.2, 0.25) is 0 Å². The first-order valence-corrected chi connectivity index (χ1v) is 14.7. The van der Waals surface area contributed by atoms with Crippen molar-refractivity contribution in [2.24, 2.45) is 0 Å². The number of hydrogen-bond acceptors (Lipinski definition) is 8. The van der Waals surface area contributed by atoms with Crippen LogP contribution in [0, 0.1) is 0 Å². The van der Waals surface area contributed by atoms with E-state index in [0.29, 0.717) is 24.5 Å². The Morgan fingerprint density at radius 1 is 1.11 bits per heavy atom. The van der Waals surface area contributed by atoms with Crippen molar-refractivity contribution in [1.29, 1.82) is 0 Å². The van der Waals surface area contributed by atoms with Gasteiger partial charge < -0.3 is 15.0 Å². The van der Waals surface area contributed by atoms with Crippen LogP contribution in [-0.2, 0) is 41.4 Å². The second kappa shape index (κ2) is 10.1. The summed E-state index contributed by atoms with van der Waals surface area (Å²) in [7, 11) is -3.70. The molecular formula is C28H33N4O5P. The van der Waals surface area contributed by atoms with E-state index in [9.17, 15) is 4.57 Å². The topological polar surface area (TPSA) is 111 Å². The predicted molar refractivity (Wildman–Crippen MR) is 146 cm³/mol. The molecule has 0 amide bonds. The molecule has 9 nitrogen and oxygen atoms in total. The van der Waals surface area contributed by atoms with Gasteiger partial charge in [0.05, 0.1) is 36.4 Å². The summed E-state index contributed by atoms with van der Waals surface area (Å²) in [6.45, 7) is 5.69. The zero-order valence-corrected chi connectivity index (χ0v) is 22.7. The summed E-state index contributed by atoms with van der Waals surface area (Å²) in [6.07, 6.45) is 2.62. The summed E-state index contributed by atoms with van der Waals surface area (Å²) < 4.78 is 38.8. The fraction of sp³-hybridized carbons (Fsp3) is 0.429. The van der Waals surface area contributed by atoms with E-state index in [4.69, 9.17) is 29.0 Å². The van der Waals surface area contributed by atoms with Gasteiger partial charge in [-0.2, -0.15) is 0 Å². The number of rotatable bonds is 9. The summed E-state index contributed by atoms with van der Waals surface area (Å²) in [6, 6.07) is 16.2. The highest BCUT2D eigenvalue weighted by atomic mass is 31.2. The number of phosphoric ester groups is 1. The van der Waals surface area contributed by atoms with Gasteiger partial charge in [0, 0.05) is 17.9 Å². The van der Waals surface area contributed by atoms with E-state index in [1.165, 1.54) is 5.56 Å². The number of nitrogens with two attached hydrogens (primary N) is 1. The Labute approximate surface area is 221 Å². The van der Waals surface area contributed by atoms with Crippen LogP contribution in [0.5, 0.6) is 0 Å². The minimum atomic E-state index is -3.70. The molecule has 38 heavy (non-hydrogen) atoms. The zero-order valence-electron chi connectivity index (χ0n) is 21.8. The third-order valence-corrected chi connectivity index (χ3v) is 8.89. The number of benzene rings is 2. The Hall–Kier alpha value is -2.81. The summed E-state index contributed by atoms with van der Waals surface area (Å²) >= 11 is 0. The number of ether oxygens (including phenoxy) is 1. The average Bonchev–Trinajstić information content (AvgIpc) is 3.63. The van der Waals surface area contributed by atoms with Gasteiger partial charge in [-0.25, -0.2) is 14.5 Å². The molecule has 0 radical (unpaired) electrons. The Kier molecular flexibility index (Phi) is 6.74. The predicted octanol–water partition coefficient (Wildman–Crippen LogP) is 5.71. The number of para-hydroxylation sites is 1. The lowest BCUT2D eigenvalue weighted by Gasteiger charge is -2.30. The molecule has 1 aliphatic carbocycles. The van der Waals surface area contributed by atoms with Crippen LogP contribution in [0.1, 0.15) is 49.6 Å². The van der Waals surface area contributed by atoms with Crippen molar-refractivity contribution >= 4 is 35.6 Å². The molecule has 4 aromatic rings. The summed E-state index contributed by atoms with van der Waals surface area (Å²) in [4.78, 5) is 9.40. The number of imidazole rings is 1. The van der Waals surface area contributed by atoms with E-state index in [1.54, 1.807) is 0 Å². The van der Waals surface area contributed by atoms with Crippen LogP contribution in [0.4, 0.5) is 5.82 Å². The largest absolute Gasteiger partial charge is 0.474 e. The van der Waals surface area contributed by atoms with Crippen LogP contribution in [0.3, 0.4) is 0 Å². The third kappa shape index (κ3) is 4.63. The smallest absolute Gasteiger partial charge is 0.382 e. The maximum Gasteiger partial charge on any atom is 0.474 e. The lowest BCUT2D eigenvalue weighted by molar-refractivity contribution is 0.0508. The average molecular weight is 537 g/mol. The standard InChI is InChI=1S/C28H33N4O5P/c1-3-19-8-7-9-20(14-19)21-15-35-38(33,36-16-21)37-18-28(12-13-28)32-24(17-34-4-2)31-25-26(32)22-10-5-6-11-23(22)30-27(25)29/h5-11,14,21H,3-4,12-13,15-18H2,1-2H3,(H2,29,30). The summed E-state index contributed by atoms with van der Waals surface area (Å²) in [5.41, 5.74) is 10.6. The third-order valence-electron chi connectivity index (χ3n) is 7.52. The van der Waals surface area contributed by atoms with Gasteiger partial charge in [-0.15, -0.1) is 0 Å². The first-order chi connectivity index (χ1) is 18.5. The molecule has 2 aromatic heterocycles. The molecule has 6 rings (SSSR count). The van der Waals surface area contributed by atoms with Crippen LogP contribution in [-0.4, -0.2) is 41.0 Å². The quantitative estimate of drug-likeness (QED) is 0.271. The Bertz CT molecular complexity index is 1520. The number of phosphoric acid groups is 1.